The third-order valence-electron chi connectivity index (χ3n) is 4.43. The van der Waals surface area contributed by atoms with E-state index in [1.165, 1.54) is 49.7 Å². The Morgan fingerprint density at radius 2 is 1.85 bits per heavy atom. The number of halogens is 3. The molecule has 0 saturated heterocycles. The van der Waals surface area contributed by atoms with Crippen molar-refractivity contribution in [1.82, 2.24) is 10.3 Å². The molecule has 4 N–H and O–H groups in total. The predicted octanol–water partition coefficient (Wildman–Crippen LogP) is 3.94. The van der Waals surface area contributed by atoms with E-state index in [-0.39, 0.29) is 37.7 Å². The molecule has 172 valence electrons. The van der Waals surface area contributed by atoms with Crippen LogP contribution in [0.4, 0.5) is 15.2 Å². The predicted molar refractivity (Wildman–Crippen MR) is 124 cm³/mol. The van der Waals surface area contributed by atoms with Crippen LogP contribution in [0.15, 0.2) is 42.6 Å². The molecule has 0 aliphatic heterocycles. The highest BCUT2D eigenvalue weighted by Crippen LogP contribution is 2.27. The summed E-state index contributed by atoms with van der Waals surface area (Å²) < 4.78 is 17.9. The van der Waals surface area contributed by atoms with Crippen LogP contribution in [-0.2, 0) is 16.0 Å². The van der Waals surface area contributed by atoms with Crippen molar-refractivity contribution in [2.45, 2.75) is 12.5 Å². The second-order valence-corrected chi connectivity index (χ2v) is 8.57. The average molecular weight is 511 g/mol. The van der Waals surface area contributed by atoms with Crippen molar-refractivity contribution in [3.8, 4) is 0 Å². The van der Waals surface area contributed by atoms with Gasteiger partial charge in [-0.15, -0.1) is 0 Å². The van der Waals surface area contributed by atoms with Gasteiger partial charge in [0.05, 0.1) is 28.9 Å². The van der Waals surface area contributed by atoms with Crippen molar-refractivity contribution in [1.29, 1.82) is 0 Å². The highest BCUT2D eigenvalue weighted by atomic mass is 35.5. The maximum atomic E-state index is 13.3. The molecule has 1 aromatic heterocycles. The minimum Gasteiger partial charge on any atom is -0.465 e. The summed E-state index contributed by atoms with van der Waals surface area (Å²) in [6.45, 7) is 0. The summed E-state index contributed by atoms with van der Waals surface area (Å²) >= 11 is 12.8. The zero-order valence-electron chi connectivity index (χ0n) is 17.0. The normalized spacial score (nSPS) is 11.5. The molecule has 0 aliphatic rings. The summed E-state index contributed by atoms with van der Waals surface area (Å²) in [5, 5.41) is 5.59. The fourth-order valence-corrected chi connectivity index (χ4v) is 3.85. The molecule has 0 radical (unpaired) electrons. The molecule has 1 atom stereocenters. The van der Waals surface area contributed by atoms with E-state index < -0.39 is 29.6 Å². The summed E-state index contributed by atoms with van der Waals surface area (Å²) in [5.74, 6) is -2.32. The monoisotopic (exact) mass is 510 g/mol. The van der Waals surface area contributed by atoms with E-state index in [0.717, 1.165) is 11.3 Å². The lowest BCUT2D eigenvalue weighted by molar-refractivity contribution is -0.118. The smallest absolute Gasteiger partial charge is 0.349 e. The lowest BCUT2D eigenvalue weighted by Crippen LogP contribution is -2.45. The number of amides is 2. The van der Waals surface area contributed by atoms with Crippen molar-refractivity contribution in [2.24, 2.45) is 0 Å². The molecule has 3 rings (SSSR count). The SMILES string of the molecule is COC(=O)c1cnc(NC(=O)[C@H](Cc2ccc(F)cc2)NC(=O)c2cc(Cl)c(Cl)cc2N)s1. The van der Waals surface area contributed by atoms with E-state index in [1.807, 2.05) is 0 Å². The number of ether oxygens (including phenoxy) is 1. The number of carbonyl (C=O) groups excluding carboxylic acids is 3. The Kier molecular flexibility index (Phi) is 7.85. The summed E-state index contributed by atoms with van der Waals surface area (Å²) in [4.78, 5) is 41.6. The van der Waals surface area contributed by atoms with Crippen molar-refractivity contribution >= 4 is 63.1 Å². The van der Waals surface area contributed by atoms with E-state index in [9.17, 15) is 18.8 Å². The minimum absolute atomic E-state index is 0.0310. The zero-order valence-corrected chi connectivity index (χ0v) is 19.4. The van der Waals surface area contributed by atoms with Gasteiger partial charge >= 0.3 is 5.97 Å². The van der Waals surface area contributed by atoms with E-state index in [4.69, 9.17) is 28.9 Å². The van der Waals surface area contributed by atoms with Gasteiger partial charge in [-0.3, -0.25) is 9.59 Å². The number of nitrogens with zero attached hydrogens (tertiary/aromatic N) is 1. The lowest BCUT2D eigenvalue weighted by Gasteiger charge is -2.19. The topological polar surface area (TPSA) is 123 Å². The summed E-state index contributed by atoms with van der Waals surface area (Å²) in [6, 6.07) is 7.01. The fourth-order valence-electron chi connectivity index (χ4n) is 2.78. The number of carbonyl (C=O) groups is 3. The Bertz CT molecular complexity index is 1200. The van der Waals surface area contributed by atoms with Gasteiger partial charge in [0.25, 0.3) is 5.91 Å². The largest absolute Gasteiger partial charge is 0.465 e. The first-order valence-electron chi connectivity index (χ1n) is 9.32. The number of hydrogen-bond donors (Lipinski definition) is 3. The molecule has 0 unspecified atom stereocenters. The Morgan fingerprint density at radius 1 is 1.18 bits per heavy atom. The van der Waals surface area contributed by atoms with Crippen molar-refractivity contribution in [3.63, 3.8) is 0 Å². The highest BCUT2D eigenvalue weighted by Gasteiger charge is 2.25. The molecule has 12 heteroatoms. The maximum absolute atomic E-state index is 13.3. The van der Waals surface area contributed by atoms with E-state index in [2.05, 4.69) is 20.4 Å². The maximum Gasteiger partial charge on any atom is 0.349 e. The van der Waals surface area contributed by atoms with Gasteiger partial charge in [0.15, 0.2) is 5.13 Å². The number of methoxy groups -OCH3 is 1. The average Bonchev–Trinajstić information content (AvgIpc) is 3.25. The summed E-state index contributed by atoms with van der Waals surface area (Å²) in [5.41, 5.74) is 6.58. The molecule has 0 aliphatic carbocycles. The second-order valence-electron chi connectivity index (χ2n) is 6.72. The molecule has 1 heterocycles. The third kappa shape index (κ3) is 6.19. The lowest BCUT2D eigenvalue weighted by atomic mass is 10.0. The van der Waals surface area contributed by atoms with Crippen LogP contribution in [0, 0.1) is 5.82 Å². The van der Waals surface area contributed by atoms with E-state index >= 15 is 0 Å². The van der Waals surface area contributed by atoms with Crippen molar-refractivity contribution in [3.05, 3.63) is 74.5 Å². The van der Waals surface area contributed by atoms with Gasteiger partial charge in [0.1, 0.15) is 16.7 Å². The van der Waals surface area contributed by atoms with Crippen LogP contribution in [0.25, 0.3) is 0 Å². The molecular formula is C21H17Cl2FN4O4S. The molecule has 0 bridgehead atoms. The van der Waals surface area contributed by atoms with Crippen LogP contribution in [-0.4, -0.2) is 35.9 Å². The van der Waals surface area contributed by atoms with Gasteiger partial charge in [0, 0.05) is 12.1 Å². The zero-order chi connectivity index (χ0) is 24.1. The first-order chi connectivity index (χ1) is 15.7. The molecule has 2 aromatic carbocycles. The standard InChI is InChI=1S/C21H17Cl2FN4O4S/c1-32-20(31)17-9-26-21(33-17)28-19(30)16(6-10-2-4-11(24)5-3-10)27-18(29)12-7-13(22)14(23)8-15(12)25/h2-5,7-9,16H,6,25H2,1H3,(H,27,29)(H,26,28,30)/t16-/m0/s1. The molecule has 0 fully saturated rings. The third-order valence-corrected chi connectivity index (χ3v) is 6.05. The number of thiazole rings is 1. The molecule has 3 aromatic rings. The number of aromatic nitrogens is 1. The quantitative estimate of drug-likeness (QED) is 0.326. The number of benzene rings is 2. The summed E-state index contributed by atoms with van der Waals surface area (Å²) in [6.07, 6.45) is 1.30. The van der Waals surface area contributed by atoms with E-state index in [1.54, 1.807) is 0 Å². The van der Waals surface area contributed by atoms with Crippen LogP contribution < -0.4 is 16.4 Å². The van der Waals surface area contributed by atoms with Crippen LogP contribution in [0.2, 0.25) is 10.0 Å². The number of nitrogens with one attached hydrogen (secondary N) is 2. The van der Waals surface area contributed by atoms with Crippen molar-refractivity contribution in [2.75, 3.05) is 18.2 Å². The van der Waals surface area contributed by atoms with Crippen molar-refractivity contribution < 1.29 is 23.5 Å². The Hall–Kier alpha value is -3.21. The molecule has 0 spiro atoms. The second kappa shape index (κ2) is 10.6. The Balaban J connectivity index is 1.84. The molecule has 8 nitrogen and oxygen atoms in total. The Labute approximate surface area is 201 Å². The highest BCUT2D eigenvalue weighted by molar-refractivity contribution is 7.17. The van der Waals surface area contributed by atoms with Gasteiger partial charge in [0.2, 0.25) is 5.91 Å². The molecule has 0 saturated carbocycles. The van der Waals surface area contributed by atoms with Crippen LogP contribution in [0.3, 0.4) is 0 Å². The number of nitrogen functional groups attached to an aromatic ring is 1. The fraction of sp³-hybridized carbons (Fsp3) is 0.143. The van der Waals surface area contributed by atoms with Gasteiger partial charge in [-0.05, 0) is 29.8 Å². The van der Waals surface area contributed by atoms with Gasteiger partial charge in [-0.25, -0.2) is 14.2 Å². The molecule has 33 heavy (non-hydrogen) atoms. The van der Waals surface area contributed by atoms with Crippen LogP contribution >= 0.6 is 34.5 Å². The first kappa shape index (κ1) is 24.4. The molecular weight excluding hydrogens is 494 g/mol. The number of hydrogen-bond acceptors (Lipinski definition) is 7. The van der Waals surface area contributed by atoms with Gasteiger partial charge in [-0.1, -0.05) is 46.7 Å². The van der Waals surface area contributed by atoms with Gasteiger partial charge in [-0.2, -0.15) is 0 Å². The van der Waals surface area contributed by atoms with E-state index in [0.29, 0.717) is 5.56 Å². The number of rotatable bonds is 7. The number of anilines is 2. The number of nitrogens with two attached hydrogens (primary N) is 1. The van der Waals surface area contributed by atoms with Gasteiger partial charge < -0.3 is 21.1 Å². The first-order valence-corrected chi connectivity index (χ1v) is 10.9. The van der Waals surface area contributed by atoms with Crippen LogP contribution in [0.5, 0.6) is 0 Å². The van der Waals surface area contributed by atoms with Crippen LogP contribution in [0.1, 0.15) is 25.6 Å². The minimum atomic E-state index is -1.10. The Morgan fingerprint density at radius 3 is 2.52 bits per heavy atom. The number of esters is 1. The summed E-state index contributed by atoms with van der Waals surface area (Å²) in [7, 11) is 1.23. The molecule has 2 amide bonds.